The topological polar surface area (TPSA) is 53.9 Å². The maximum Gasteiger partial charge on any atom is 0.174 e. The van der Waals surface area contributed by atoms with Crippen LogP contribution in [0.1, 0.15) is 0 Å². The van der Waals surface area contributed by atoms with Crippen LogP contribution in [0, 0.1) is 0 Å². The zero-order valence-corrected chi connectivity index (χ0v) is 6.28. The Hall–Kier alpha value is -1.71. The highest BCUT2D eigenvalue weighted by atomic mass is 15.0. The maximum atomic E-state index is 4.35. The molecule has 0 spiro atoms. The van der Waals surface area contributed by atoms with Crippen molar-refractivity contribution in [3.05, 3.63) is 23.1 Å². The Kier molecular flexibility index (Phi) is 0.935. The van der Waals surface area contributed by atoms with Crippen LogP contribution in [0.25, 0.3) is 17.2 Å². The van der Waals surface area contributed by atoms with E-state index in [1.165, 1.54) is 0 Å². The Labute approximate surface area is 67.7 Å². The van der Waals surface area contributed by atoms with E-state index >= 15 is 0 Å². The minimum Gasteiger partial charge on any atom is -0.345 e. The van der Waals surface area contributed by atoms with Crippen molar-refractivity contribution < 1.29 is 0 Å². The molecule has 0 saturated heterocycles. The fourth-order valence-electron chi connectivity index (χ4n) is 1.35. The third-order valence-electron chi connectivity index (χ3n) is 1.92. The van der Waals surface area contributed by atoms with Crippen LogP contribution < -0.4 is 10.8 Å². The molecule has 2 aromatic rings. The number of hydrogen-bond acceptors (Lipinski definition) is 3. The average Bonchev–Trinajstić information content (AvgIpc) is 2.64. The van der Waals surface area contributed by atoms with Gasteiger partial charge in [0, 0.05) is 6.20 Å². The minimum atomic E-state index is 0.710. The Balaban J connectivity index is 2.64. The van der Waals surface area contributed by atoms with Crippen molar-refractivity contribution >= 4 is 17.2 Å². The number of H-pyrrole nitrogens is 1. The smallest absolute Gasteiger partial charge is 0.174 e. The lowest BCUT2D eigenvalue weighted by Crippen LogP contribution is -2.28. The predicted molar refractivity (Wildman–Crippen MR) is 44.0 cm³/mol. The van der Waals surface area contributed by atoms with Gasteiger partial charge in [-0.25, -0.2) is 9.97 Å². The molecule has 58 valence electrons. The van der Waals surface area contributed by atoms with Gasteiger partial charge in [-0.3, -0.25) is 4.99 Å². The highest BCUT2D eigenvalue weighted by molar-refractivity contribution is 5.69. The first kappa shape index (κ1) is 5.88. The van der Waals surface area contributed by atoms with Gasteiger partial charge < -0.3 is 4.98 Å². The number of hydrogen-bond donors (Lipinski definition) is 1. The molecule has 1 aliphatic rings. The van der Waals surface area contributed by atoms with Gasteiger partial charge in [-0.1, -0.05) is 0 Å². The van der Waals surface area contributed by atoms with Crippen LogP contribution in [-0.2, 0) is 0 Å². The molecule has 1 aliphatic heterocycles. The van der Waals surface area contributed by atoms with E-state index in [1.807, 2.05) is 18.3 Å². The highest BCUT2D eigenvalue weighted by Crippen LogP contribution is 1.99. The largest absolute Gasteiger partial charge is 0.345 e. The molecule has 4 heteroatoms. The molecule has 0 saturated carbocycles. The third-order valence-corrected chi connectivity index (χ3v) is 1.92. The SMILES string of the molecule is C1=c2nc3[nH]ccc3nc2=NC1. The van der Waals surface area contributed by atoms with Crippen LogP contribution in [0.2, 0.25) is 0 Å². The Bertz CT molecular complexity index is 504. The van der Waals surface area contributed by atoms with Gasteiger partial charge in [0.25, 0.3) is 0 Å². The standard InChI is InChI=1S/C8H6N4/c1-3-9-7-5(1)11-8-6(12-7)2-4-10-8/h1-3H,4H2,(H,9,12). The summed E-state index contributed by atoms with van der Waals surface area (Å²) in [5.74, 6) is 0. The van der Waals surface area contributed by atoms with E-state index in [0.29, 0.717) is 6.54 Å². The summed E-state index contributed by atoms with van der Waals surface area (Å²) >= 11 is 0. The van der Waals surface area contributed by atoms with Gasteiger partial charge in [0.2, 0.25) is 0 Å². The van der Waals surface area contributed by atoms with Crippen molar-refractivity contribution in [1.82, 2.24) is 15.0 Å². The molecule has 1 N–H and O–H groups in total. The Morgan fingerprint density at radius 3 is 3.33 bits per heavy atom. The first-order chi connectivity index (χ1) is 5.93. The monoisotopic (exact) mass is 158 g/mol. The fourth-order valence-corrected chi connectivity index (χ4v) is 1.35. The van der Waals surface area contributed by atoms with Crippen LogP contribution in [0.5, 0.6) is 0 Å². The molecule has 0 bridgehead atoms. The third kappa shape index (κ3) is 0.637. The molecule has 4 nitrogen and oxygen atoms in total. The molecule has 3 rings (SSSR count). The van der Waals surface area contributed by atoms with Crippen molar-refractivity contribution in [2.45, 2.75) is 0 Å². The summed E-state index contributed by atoms with van der Waals surface area (Å²) in [5.41, 5.74) is 2.48. The quantitative estimate of drug-likeness (QED) is 0.555. The summed E-state index contributed by atoms with van der Waals surface area (Å²) in [6.45, 7) is 0.710. The van der Waals surface area contributed by atoms with E-state index in [4.69, 9.17) is 0 Å². The Morgan fingerprint density at radius 2 is 2.33 bits per heavy atom. The molecule has 0 radical (unpaired) electrons. The van der Waals surface area contributed by atoms with Crippen molar-refractivity contribution in [2.75, 3.05) is 6.54 Å². The molecular weight excluding hydrogens is 152 g/mol. The summed E-state index contributed by atoms with van der Waals surface area (Å²) in [6.07, 6.45) is 3.81. The summed E-state index contributed by atoms with van der Waals surface area (Å²) in [7, 11) is 0. The fraction of sp³-hybridized carbons (Fsp3) is 0.125. The number of aromatic nitrogens is 3. The molecule has 12 heavy (non-hydrogen) atoms. The maximum absolute atomic E-state index is 4.35. The van der Waals surface area contributed by atoms with E-state index in [-0.39, 0.29) is 0 Å². The second-order valence-corrected chi connectivity index (χ2v) is 2.69. The van der Waals surface area contributed by atoms with Crippen LogP contribution in [-0.4, -0.2) is 21.5 Å². The summed E-state index contributed by atoms with van der Waals surface area (Å²) in [6, 6.07) is 1.90. The molecule has 3 heterocycles. The van der Waals surface area contributed by atoms with Crippen LogP contribution in [0.3, 0.4) is 0 Å². The van der Waals surface area contributed by atoms with E-state index in [0.717, 1.165) is 22.0 Å². The molecule has 0 unspecified atom stereocenters. The van der Waals surface area contributed by atoms with Gasteiger partial charge in [-0.05, 0) is 12.1 Å². The second kappa shape index (κ2) is 1.91. The minimum absolute atomic E-state index is 0.710. The van der Waals surface area contributed by atoms with Crippen molar-refractivity contribution in [3.8, 4) is 0 Å². The lowest BCUT2D eigenvalue weighted by Gasteiger charge is -1.85. The van der Waals surface area contributed by atoms with Crippen LogP contribution in [0.4, 0.5) is 0 Å². The molecule has 0 amide bonds. The number of rotatable bonds is 0. The van der Waals surface area contributed by atoms with E-state index in [9.17, 15) is 0 Å². The summed E-state index contributed by atoms with van der Waals surface area (Å²) in [4.78, 5) is 15.9. The normalized spacial score (nSPS) is 14.0. The first-order valence-corrected chi connectivity index (χ1v) is 3.79. The molecule has 0 atom stereocenters. The van der Waals surface area contributed by atoms with Gasteiger partial charge in [0.15, 0.2) is 11.1 Å². The number of fused-ring (bicyclic) bond motifs is 2. The van der Waals surface area contributed by atoms with Crippen LogP contribution in [0.15, 0.2) is 17.3 Å². The van der Waals surface area contributed by atoms with E-state index < -0.39 is 0 Å². The molecule has 0 aromatic carbocycles. The van der Waals surface area contributed by atoms with Crippen molar-refractivity contribution in [2.24, 2.45) is 4.99 Å². The van der Waals surface area contributed by atoms with E-state index in [1.54, 1.807) is 0 Å². The number of aromatic amines is 1. The summed E-state index contributed by atoms with van der Waals surface area (Å²) < 4.78 is 0. The van der Waals surface area contributed by atoms with Gasteiger partial charge in [0.1, 0.15) is 10.9 Å². The van der Waals surface area contributed by atoms with Gasteiger partial charge in [0.05, 0.1) is 6.54 Å². The van der Waals surface area contributed by atoms with Crippen molar-refractivity contribution in [3.63, 3.8) is 0 Å². The van der Waals surface area contributed by atoms with Crippen molar-refractivity contribution in [1.29, 1.82) is 0 Å². The van der Waals surface area contributed by atoms with E-state index in [2.05, 4.69) is 19.9 Å². The van der Waals surface area contributed by atoms with Gasteiger partial charge >= 0.3 is 0 Å². The number of nitrogens with one attached hydrogen (secondary N) is 1. The highest BCUT2D eigenvalue weighted by Gasteiger charge is 2.01. The molecular formula is C8H6N4. The Morgan fingerprint density at radius 1 is 1.33 bits per heavy atom. The second-order valence-electron chi connectivity index (χ2n) is 2.69. The lowest BCUT2D eigenvalue weighted by atomic mass is 10.5. The molecule has 2 aromatic heterocycles. The lowest BCUT2D eigenvalue weighted by molar-refractivity contribution is 1.08. The first-order valence-electron chi connectivity index (χ1n) is 3.79. The van der Waals surface area contributed by atoms with Gasteiger partial charge in [-0.15, -0.1) is 0 Å². The van der Waals surface area contributed by atoms with Gasteiger partial charge in [-0.2, -0.15) is 0 Å². The zero-order chi connectivity index (χ0) is 7.97. The average molecular weight is 158 g/mol. The predicted octanol–water partition coefficient (Wildman–Crippen LogP) is -0.628. The molecule has 0 aliphatic carbocycles. The molecule has 0 fully saturated rings. The summed E-state index contributed by atoms with van der Waals surface area (Å²) in [5, 5.41) is 0.893. The van der Waals surface area contributed by atoms with Crippen LogP contribution >= 0.6 is 0 Å². The number of nitrogens with zero attached hydrogens (tertiary/aromatic N) is 3. The zero-order valence-electron chi connectivity index (χ0n) is 6.28.